The van der Waals surface area contributed by atoms with E-state index in [1.807, 2.05) is 0 Å². The summed E-state index contributed by atoms with van der Waals surface area (Å²) in [6.45, 7) is 0.688. The van der Waals surface area contributed by atoms with Gasteiger partial charge in [0.15, 0.2) is 0 Å². The van der Waals surface area contributed by atoms with Gasteiger partial charge in [-0.1, -0.05) is 15.9 Å². The quantitative estimate of drug-likeness (QED) is 0.664. The van der Waals surface area contributed by atoms with Crippen molar-refractivity contribution in [3.8, 4) is 0 Å². The van der Waals surface area contributed by atoms with Crippen molar-refractivity contribution in [1.29, 1.82) is 0 Å². The Kier molecular flexibility index (Phi) is 5.86. The molecule has 0 aliphatic heterocycles. The van der Waals surface area contributed by atoms with Gasteiger partial charge in [0.2, 0.25) is 0 Å². The van der Waals surface area contributed by atoms with Gasteiger partial charge in [0.25, 0.3) is 5.91 Å². The zero-order chi connectivity index (χ0) is 11.1. The molecule has 0 atom stereocenters. The second-order valence-electron chi connectivity index (χ2n) is 2.99. The van der Waals surface area contributed by atoms with Crippen LogP contribution in [0.5, 0.6) is 0 Å². The van der Waals surface area contributed by atoms with Crippen LogP contribution in [0.1, 0.15) is 23.3 Å². The lowest BCUT2D eigenvalue weighted by atomic mass is 10.3. The molecule has 82 valence electrons. The van der Waals surface area contributed by atoms with Crippen LogP contribution in [0.25, 0.3) is 0 Å². The average molecular weight is 336 g/mol. The van der Waals surface area contributed by atoms with E-state index in [0.29, 0.717) is 12.2 Å². The first-order chi connectivity index (χ1) is 7.25. The number of pyridine rings is 1. The Morgan fingerprint density at radius 1 is 1.47 bits per heavy atom. The number of carbonyl (C=O) groups excluding carboxylic acids is 1. The van der Waals surface area contributed by atoms with Gasteiger partial charge in [-0.2, -0.15) is 0 Å². The molecule has 1 rings (SSSR count). The van der Waals surface area contributed by atoms with Gasteiger partial charge in [-0.15, -0.1) is 0 Å². The highest BCUT2D eigenvalue weighted by Crippen LogP contribution is 2.12. The number of nitrogens with zero attached hydrogens (tertiary/aromatic N) is 1. The molecule has 1 aromatic heterocycles. The van der Waals surface area contributed by atoms with E-state index in [1.165, 1.54) is 0 Å². The molecule has 1 aromatic rings. The van der Waals surface area contributed by atoms with Crippen LogP contribution in [0.2, 0.25) is 0 Å². The van der Waals surface area contributed by atoms with E-state index in [-0.39, 0.29) is 5.91 Å². The van der Waals surface area contributed by atoms with Crippen molar-refractivity contribution in [3.63, 3.8) is 0 Å². The van der Waals surface area contributed by atoms with Gasteiger partial charge in [0.1, 0.15) is 5.69 Å². The van der Waals surface area contributed by atoms with Crippen LogP contribution < -0.4 is 5.32 Å². The Labute approximate surface area is 106 Å². The van der Waals surface area contributed by atoms with Gasteiger partial charge in [-0.25, -0.2) is 4.98 Å². The molecular formula is C10H12Br2N2O. The van der Waals surface area contributed by atoms with Crippen LogP contribution in [0, 0.1) is 0 Å². The van der Waals surface area contributed by atoms with Crippen molar-refractivity contribution < 1.29 is 4.79 Å². The first-order valence-electron chi connectivity index (χ1n) is 4.70. The molecule has 0 bridgehead atoms. The van der Waals surface area contributed by atoms with Gasteiger partial charge >= 0.3 is 0 Å². The standard InChI is InChI=1S/C10H12Br2N2O/c11-5-1-2-6-14-10(15)9-8(12)4-3-7-13-9/h3-4,7H,1-2,5-6H2,(H,14,15). The number of alkyl halides is 1. The summed E-state index contributed by atoms with van der Waals surface area (Å²) in [6, 6.07) is 3.59. The summed E-state index contributed by atoms with van der Waals surface area (Å²) in [7, 11) is 0. The van der Waals surface area contributed by atoms with Crippen molar-refractivity contribution in [3.05, 3.63) is 28.5 Å². The molecule has 15 heavy (non-hydrogen) atoms. The molecule has 0 aliphatic carbocycles. The van der Waals surface area contributed by atoms with Gasteiger partial charge in [-0.05, 0) is 40.9 Å². The van der Waals surface area contributed by atoms with Crippen LogP contribution in [-0.4, -0.2) is 22.8 Å². The summed E-state index contributed by atoms with van der Waals surface area (Å²) < 4.78 is 0.725. The monoisotopic (exact) mass is 334 g/mol. The molecule has 0 aromatic carbocycles. The molecule has 1 N–H and O–H groups in total. The summed E-state index contributed by atoms with van der Waals surface area (Å²) >= 11 is 6.63. The van der Waals surface area contributed by atoms with E-state index < -0.39 is 0 Å². The number of aromatic nitrogens is 1. The Balaban J connectivity index is 2.44. The lowest BCUT2D eigenvalue weighted by Crippen LogP contribution is -2.25. The molecule has 0 aliphatic rings. The fraction of sp³-hybridized carbons (Fsp3) is 0.400. The van der Waals surface area contributed by atoms with Crippen LogP contribution in [0.15, 0.2) is 22.8 Å². The van der Waals surface area contributed by atoms with Crippen LogP contribution >= 0.6 is 31.9 Å². The second-order valence-corrected chi connectivity index (χ2v) is 4.63. The minimum absolute atomic E-state index is 0.128. The van der Waals surface area contributed by atoms with Crippen LogP contribution in [0.3, 0.4) is 0 Å². The number of carbonyl (C=O) groups is 1. The van der Waals surface area contributed by atoms with Crippen LogP contribution in [-0.2, 0) is 0 Å². The second kappa shape index (κ2) is 6.95. The van der Waals surface area contributed by atoms with E-state index in [0.717, 1.165) is 22.6 Å². The van der Waals surface area contributed by atoms with Crippen molar-refractivity contribution in [1.82, 2.24) is 10.3 Å². The van der Waals surface area contributed by atoms with E-state index in [2.05, 4.69) is 42.2 Å². The van der Waals surface area contributed by atoms with E-state index in [9.17, 15) is 4.79 Å². The van der Waals surface area contributed by atoms with E-state index >= 15 is 0 Å². The van der Waals surface area contributed by atoms with Crippen molar-refractivity contribution in [2.45, 2.75) is 12.8 Å². The number of rotatable bonds is 5. The highest BCUT2D eigenvalue weighted by atomic mass is 79.9. The lowest BCUT2D eigenvalue weighted by molar-refractivity contribution is 0.0947. The lowest BCUT2D eigenvalue weighted by Gasteiger charge is -2.04. The summed E-state index contributed by atoms with van der Waals surface area (Å²) in [5, 5.41) is 3.79. The first-order valence-corrected chi connectivity index (χ1v) is 6.62. The fourth-order valence-corrected chi connectivity index (χ4v) is 1.89. The maximum absolute atomic E-state index is 11.6. The normalized spacial score (nSPS) is 10.0. The number of hydrogen-bond acceptors (Lipinski definition) is 2. The Morgan fingerprint density at radius 2 is 2.27 bits per heavy atom. The van der Waals surface area contributed by atoms with Gasteiger partial charge in [0, 0.05) is 22.5 Å². The third-order valence-electron chi connectivity index (χ3n) is 1.82. The first kappa shape index (κ1) is 12.6. The van der Waals surface area contributed by atoms with Crippen molar-refractivity contribution >= 4 is 37.8 Å². The maximum Gasteiger partial charge on any atom is 0.271 e. The highest BCUT2D eigenvalue weighted by molar-refractivity contribution is 9.10. The zero-order valence-electron chi connectivity index (χ0n) is 8.17. The minimum Gasteiger partial charge on any atom is -0.351 e. The summed E-state index contributed by atoms with van der Waals surface area (Å²) in [5.41, 5.74) is 0.441. The Hall–Kier alpha value is -0.420. The smallest absolute Gasteiger partial charge is 0.271 e. The fourth-order valence-electron chi connectivity index (χ4n) is 1.06. The summed E-state index contributed by atoms with van der Waals surface area (Å²) in [6.07, 6.45) is 3.64. The van der Waals surface area contributed by atoms with E-state index in [1.54, 1.807) is 18.3 Å². The summed E-state index contributed by atoms with van der Waals surface area (Å²) in [5.74, 6) is -0.128. The van der Waals surface area contributed by atoms with Crippen molar-refractivity contribution in [2.24, 2.45) is 0 Å². The van der Waals surface area contributed by atoms with Gasteiger partial charge in [-0.3, -0.25) is 4.79 Å². The highest BCUT2D eigenvalue weighted by Gasteiger charge is 2.09. The predicted octanol–water partition coefficient (Wildman–Crippen LogP) is 2.75. The SMILES string of the molecule is O=C(NCCCCBr)c1ncccc1Br. The minimum atomic E-state index is -0.128. The third kappa shape index (κ3) is 4.30. The Morgan fingerprint density at radius 3 is 2.93 bits per heavy atom. The zero-order valence-corrected chi connectivity index (χ0v) is 11.3. The molecule has 0 unspecified atom stereocenters. The maximum atomic E-state index is 11.6. The molecule has 3 nitrogen and oxygen atoms in total. The molecule has 1 amide bonds. The molecule has 0 spiro atoms. The molecule has 0 saturated carbocycles. The number of unbranched alkanes of at least 4 members (excludes halogenated alkanes) is 1. The van der Waals surface area contributed by atoms with Crippen LogP contribution in [0.4, 0.5) is 0 Å². The summed E-state index contributed by atoms with van der Waals surface area (Å²) in [4.78, 5) is 15.6. The van der Waals surface area contributed by atoms with E-state index in [4.69, 9.17) is 0 Å². The predicted molar refractivity (Wildman–Crippen MR) is 67.3 cm³/mol. The van der Waals surface area contributed by atoms with Gasteiger partial charge in [0.05, 0.1) is 0 Å². The largest absolute Gasteiger partial charge is 0.351 e. The van der Waals surface area contributed by atoms with Crippen molar-refractivity contribution in [2.75, 3.05) is 11.9 Å². The number of halogens is 2. The number of hydrogen-bond donors (Lipinski definition) is 1. The third-order valence-corrected chi connectivity index (χ3v) is 3.02. The topological polar surface area (TPSA) is 42.0 Å². The Bertz CT molecular complexity index is 331. The average Bonchev–Trinajstić information content (AvgIpc) is 2.25. The molecule has 0 fully saturated rings. The molecule has 0 saturated heterocycles. The molecular weight excluding hydrogens is 324 g/mol. The molecule has 0 radical (unpaired) electrons. The molecule has 1 heterocycles. The molecule has 5 heteroatoms. The van der Waals surface area contributed by atoms with Gasteiger partial charge < -0.3 is 5.32 Å². The number of amides is 1. The number of nitrogens with one attached hydrogen (secondary N) is 1.